The molecule has 0 unspecified atom stereocenters. The topological polar surface area (TPSA) is 62.0 Å². The normalized spacial score (nSPS) is 15.6. The summed E-state index contributed by atoms with van der Waals surface area (Å²) in [5.41, 5.74) is 7.59. The molecule has 4 N–H and O–H groups in total. The van der Waals surface area contributed by atoms with Gasteiger partial charge < -0.3 is 15.8 Å². The molecule has 2 rings (SSSR count). The van der Waals surface area contributed by atoms with E-state index in [4.69, 9.17) is 5.73 Å². The van der Waals surface area contributed by atoms with E-state index in [9.17, 15) is 5.11 Å². The van der Waals surface area contributed by atoms with E-state index < -0.39 is 6.10 Å². The largest absolute Gasteiger partial charge is 0.387 e. The highest BCUT2D eigenvalue weighted by molar-refractivity contribution is 5.83. The SMILES string of the molecule is C[C@H](N)[C@@H](O)c1cccc2[nH]ccc12. The summed E-state index contributed by atoms with van der Waals surface area (Å²) in [7, 11) is 0. The van der Waals surface area contributed by atoms with E-state index in [1.54, 1.807) is 6.92 Å². The highest BCUT2D eigenvalue weighted by Crippen LogP contribution is 2.24. The third-order valence-corrected chi connectivity index (χ3v) is 2.45. The smallest absolute Gasteiger partial charge is 0.0944 e. The molecule has 0 saturated carbocycles. The first-order chi connectivity index (χ1) is 6.70. The molecule has 14 heavy (non-hydrogen) atoms. The Morgan fingerprint density at radius 3 is 2.86 bits per heavy atom. The van der Waals surface area contributed by atoms with Crippen molar-refractivity contribution in [3.8, 4) is 0 Å². The van der Waals surface area contributed by atoms with Crippen LogP contribution in [0.25, 0.3) is 10.9 Å². The molecule has 0 spiro atoms. The molecular formula is C11H14N2O. The maximum absolute atomic E-state index is 9.88. The first kappa shape index (κ1) is 9.24. The summed E-state index contributed by atoms with van der Waals surface area (Å²) < 4.78 is 0. The number of aliphatic hydroxyl groups is 1. The average molecular weight is 190 g/mol. The summed E-state index contributed by atoms with van der Waals surface area (Å²) in [6.07, 6.45) is 1.26. The van der Waals surface area contributed by atoms with Gasteiger partial charge in [-0.25, -0.2) is 0 Å². The Morgan fingerprint density at radius 1 is 1.36 bits per heavy atom. The van der Waals surface area contributed by atoms with Gasteiger partial charge in [-0.2, -0.15) is 0 Å². The molecule has 0 radical (unpaired) electrons. The van der Waals surface area contributed by atoms with Crippen molar-refractivity contribution in [2.45, 2.75) is 19.1 Å². The average Bonchev–Trinajstić information content (AvgIpc) is 2.63. The van der Waals surface area contributed by atoms with Crippen LogP contribution in [0.4, 0.5) is 0 Å². The number of nitrogens with one attached hydrogen (secondary N) is 1. The van der Waals surface area contributed by atoms with Crippen LogP contribution >= 0.6 is 0 Å². The number of hydrogen-bond acceptors (Lipinski definition) is 2. The quantitative estimate of drug-likeness (QED) is 0.672. The van der Waals surface area contributed by atoms with Gasteiger partial charge in [0.05, 0.1) is 6.10 Å². The molecule has 0 fully saturated rings. The number of benzene rings is 1. The summed E-state index contributed by atoms with van der Waals surface area (Å²) in [5.74, 6) is 0. The highest BCUT2D eigenvalue weighted by atomic mass is 16.3. The van der Waals surface area contributed by atoms with Crippen LogP contribution in [0.15, 0.2) is 30.5 Å². The Hall–Kier alpha value is -1.32. The fraction of sp³-hybridized carbons (Fsp3) is 0.273. The van der Waals surface area contributed by atoms with Crippen LogP contribution in [0.3, 0.4) is 0 Å². The van der Waals surface area contributed by atoms with Crippen molar-refractivity contribution in [3.05, 3.63) is 36.0 Å². The Labute approximate surface area is 82.6 Å². The van der Waals surface area contributed by atoms with Crippen LogP contribution in [0, 0.1) is 0 Å². The van der Waals surface area contributed by atoms with Gasteiger partial charge in [-0.05, 0) is 24.6 Å². The number of fused-ring (bicyclic) bond motifs is 1. The molecule has 2 atom stereocenters. The van der Waals surface area contributed by atoms with Crippen molar-refractivity contribution in [1.29, 1.82) is 0 Å². The molecule has 1 aromatic heterocycles. The van der Waals surface area contributed by atoms with Crippen molar-refractivity contribution in [2.24, 2.45) is 5.73 Å². The number of aromatic nitrogens is 1. The van der Waals surface area contributed by atoms with E-state index >= 15 is 0 Å². The molecule has 0 saturated heterocycles. The lowest BCUT2D eigenvalue weighted by molar-refractivity contribution is 0.155. The maximum atomic E-state index is 9.88. The zero-order valence-electron chi connectivity index (χ0n) is 8.07. The first-order valence-electron chi connectivity index (χ1n) is 4.70. The maximum Gasteiger partial charge on any atom is 0.0944 e. The van der Waals surface area contributed by atoms with Gasteiger partial charge >= 0.3 is 0 Å². The van der Waals surface area contributed by atoms with E-state index in [0.717, 1.165) is 16.5 Å². The summed E-state index contributed by atoms with van der Waals surface area (Å²) >= 11 is 0. The molecule has 0 aliphatic rings. The Balaban J connectivity index is 2.56. The van der Waals surface area contributed by atoms with Gasteiger partial charge in [-0.3, -0.25) is 0 Å². The van der Waals surface area contributed by atoms with Crippen molar-refractivity contribution in [3.63, 3.8) is 0 Å². The lowest BCUT2D eigenvalue weighted by Crippen LogP contribution is -2.24. The molecule has 0 bridgehead atoms. The molecule has 3 nitrogen and oxygen atoms in total. The number of rotatable bonds is 2. The predicted octanol–water partition coefficient (Wildman–Crippen LogP) is 1.55. The zero-order chi connectivity index (χ0) is 10.1. The lowest BCUT2D eigenvalue weighted by atomic mass is 10.0. The third kappa shape index (κ3) is 1.41. The molecule has 3 heteroatoms. The summed E-state index contributed by atoms with van der Waals surface area (Å²) in [6, 6.07) is 7.50. The van der Waals surface area contributed by atoms with Crippen LogP contribution in [0.1, 0.15) is 18.6 Å². The summed E-state index contributed by atoms with van der Waals surface area (Å²) in [4.78, 5) is 3.10. The molecule has 0 aliphatic heterocycles. The Kier molecular flexibility index (Phi) is 2.27. The molecule has 1 aromatic carbocycles. The third-order valence-electron chi connectivity index (χ3n) is 2.45. The van der Waals surface area contributed by atoms with Crippen molar-refractivity contribution in [2.75, 3.05) is 0 Å². The first-order valence-corrected chi connectivity index (χ1v) is 4.70. The fourth-order valence-electron chi connectivity index (χ4n) is 1.65. The number of nitrogens with two attached hydrogens (primary N) is 1. The van der Waals surface area contributed by atoms with E-state index in [1.807, 2.05) is 30.5 Å². The van der Waals surface area contributed by atoms with Crippen LogP contribution in [-0.2, 0) is 0 Å². The van der Waals surface area contributed by atoms with Crippen LogP contribution in [0.5, 0.6) is 0 Å². The van der Waals surface area contributed by atoms with Gasteiger partial charge in [-0.1, -0.05) is 12.1 Å². The number of aromatic amines is 1. The molecule has 74 valence electrons. The van der Waals surface area contributed by atoms with Gasteiger partial charge in [0.2, 0.25) is 0 Å². The van der Waals surface area contributed by atoms with Gasteiger partial charge in [0.15, 0.2) is 0 Å². The summed E-state index contributed by atoms with van der Waals surface area (Å²) in [6.45, 7) is 1.80. The van der Waals surface area contributed by atoms with E-state index in [1.165, 1.54) is 0 Å². The lowest BCUT2D eigenvalue weighted by Gasteiger charge is -2.15. The second-order valence-corrected chi connectivity index (χ2v) is 3.59. The van der Waals surface area contributed by atoms with Gasteiger partial charge in [0.1, 0.15) is 0 Å². The molecule has 1 heterocycles. The predicted molar refractivity (Wildman–Crippen MR) is 56.9 cm³/mol. The van der Waals surface area contributed by atoms with Crippen LogP contribution in [-0.4, -0.2) is 16.1 Å². The molecule has 0 amide bonds. The van der Waals surface area contributed by atoms with E-state index in [-0.39, 0.29) is 6.04 Å². The summed E-state index contributed by atoms with van der Waals surface area (Å²) in [5, 5.41) is 10.9. The van der Waals surface area contributed by atoms with Gasteiger partial charge in [0, 0.05) is 23.1 Å². The highest BCUT2D eigenvalue weighted by Gasteiger charge is 2.14. The number of aliphatic hydroxyl groups excluding tert-OH is 1. The second-order valence-electron chi connectivity index (χ2n) is 3.59. The van der Waals surface area contributed by atoms with E-state index in [0.29, 0.717) is 0 Å². The Bertz CT molecular complexity index is 434. The molecule has 2 aromatic rings. The van der Waals surface area contributed by atoms with Crippen LogP contribution in [0.2, 0.25) is 0 Å². The minimum absolute atomic E-state index is 0.254. The van der Waals surface area contributed by atoms with Crippen molar-refractivity contribution in [1.82, 2.24) is 4.98 Å². The Morgan fingerprint density at radius 2 is 2.14 bits per heavy atom. The number of H-pyrrole nitrogens is 1. The monoisotopic (exact) mass is 190 g/mol. The van der Waals surface area contributed by atoms with Gasteiger partial charge in [-0.15, -0.1) is 0 Å². The van der Waals surface area contributed by atoms with Crippen molar-refractivity contribution < 1.29 is 5.11 Å². The van der Waals surface area contributed by atoms with Crippen LogP contribution < -0.4 is 5.73 Å². The zero-order valence-corrected chi connectivity index (χ0v) is 8.07. The second kappa shape index (κ2) is 3.44. The van der Waals surface area contributed by atoms with Crippen molar-refractivity contribution >= 4 is 10.9 Å². The van der Waals surface area contributed by atoms with Gasteiger partial charge in [0.25, 0.3) is 0 Å². The fourth-order valence-corrected chi connectivity index (χ4v) is 1.65. The molecule has 0 aliphatic carbocycles. The minimum Gasteiger partial charge on any atom is -0.387 e. The molecular weight excluding hydrogens is 176 g/mol. The number of hydrogen-bond donors (Lipinski definition) is 3. The minimum atomic E-state index is -0.602. The van der Waals surface area contributed by atoms with E-state index in [2.05, 4.69) is 4.98 Å². The standard InChI is InChI=1S/C11H14N2O/c1-7(12)11(14)9-3-2-4-10-8(9)5-6-13-10/h2-7,11,13-14H,12H2,1H3/t7-,11+/m0/s1.